The van der Waals surface area contributed by atoms with E-state index in [1.807, 2.05) is 32.0 Å². The van der Waals surface area contributed by atoms with Crippen molar-refractivity contribution < 1.29 is 23.9 Å². The smallest absolute Gasteiger partial charge is 0.449 e. The zero-order valence-electron chi connectivity index (χ0n) is 21.5. The summed E-state index contributed by atoms with van der Waals surface area (Å²) >= 11 is 0. The first-order chi connectivity index (χ1) is 16.6. The quantitative estimate of drug-likeness (QED) is 0.359. The molecule has 8 heteroatoms. The van der Waals surface area contributed by atoms with E-state index in [0.717, 1.165) is 61.7 Å². The minimum Gasteiger partial charge on any atom is -0.449 e. The zero-order chi connectivity index (χ0) is 25.3. The predicted molar refractivity (Wildman–Crippen MR) is 134 cm³/mol. The van der Waals surface area contributed by atoms with Gasteiger partial charge in [0.2, 0.25) is 0 Å². The van der Waals surface area contributed by atoms with Crippen molar-refractivity contribution in [3.63, 3.8) is 0 Å². The molecule has 1 aromatic heterocycles. The molecule has 0 spiro atoms. The van der Waals surface area contributed by atoms with Crippen molar-refractivity contribution in [3.05, 3.63) is 46.9 Å². The highest BCUT2D eigenvalue weighted by atomic mass is 16.7. The molecule has 1 amide bonds. The summed E-state index contributed by atoms with van der Waals surface area (Å²) in [7, 11) is 2.11. The van der Waals surface area contributed by atoms with Crippen LogP contribution in [0, 0.1) is 19.8 Å². The lowest BCUT2D eigenvalue weighted by atomic mass is 9.93. The molecule has 0 saturated carbocycles. The number of aromatic nitrogens is 2. The number of hydrogen-bond donors (Lipinski definition) is 1. The van der Waals surface area contributed by atoms with Gasteiger partial charge in [0.1, 0.15) is 23.4 Å². The van der Waals surface area contributed by atoms with Crippen molar-refractivity contribution >= 4 is 17.9 Å². The number of benzene rings is 1. The summed E-state index contributed by atoms with van der Waals surface area (Å²) in [6.07, 6.45) is 2.73. The number of anilines is 1. The van der Waals surface area contributed by atoms with Gasteiger partial charge in [-0.15, -0.1) is 0 Å². The first kappa shape index (κ1) is 25.1. The Labute approximate surface area is 207 Å². The van der Waals surface area contributed by atoms with Crippen LogP contribution in [0.5, 0.6) is 5.75 Å². The second-order valence-electron chi connectivity index (χ2n) is 10.6. The molecule has 1 aromatic carbocycles. The second kappa shape index (κ2) is 9.93. The fourth-order valence-electron chi connectivity index (χ4n) is 5.95. The number of quaternary nitrogens is 1. The minimum atomic E-state index is -1.32. The van der Waals surface area contributed by atoms with E-state index in [1.165, 1.54) is 5.56 Å². The van der Waals surface area contributed by atoms with Crippen LogP contribution in [0.25, 0.3) is 0 Å². The monoisotopic (exact) mass is 481 g/mol. The SMILES string of the molecule is Cc1cc(N2CCC([N+](C)(C(=O)CC(C)C)[C@@H]3CCc4ccc(OC(=O)O)cc43)CC2)nc(C)n1. The lowest BCUT2D eigenvalue weighted by molar-refractivity contribution is -0.892. The van der Waals surface area contributed by atoms with Gasteiger partial charge >= 0.3 is 12.1 Å². The Morgan fingerprint density at radius 3 is 2.49 bits per heavy atom. The van der Waals surface area contributed by atoms with Gasteiger partial charge < -0.3 is 14.7 Å². The predicted octanol–water partition coefficient (Wildman–Crippen LogP) is 4.83. The van der Waals surface area contributed by atoms with Crippen LogP contribution in [0.4, 0.5) is 10.6 Å². The number of carboxylic acid groups (broad SMARTS) is 1. The molecule has 1 N–H and O–H groups in total. The fraction of sp³-hybridized carbons (Fsp3) is 0.556. The molecule has 35 heavy (non-hydrogen) atoms. The van der Waals surface area contributed by atoms with Crippen molar-refractivity contribution in [2.24, 2.45) is 5.92 Å². The van der Waals surface area contributed by atoms with Gasteiger partial charge in [0.15, 0.2) is 0 Å². The lowest BCUT2D eigenvalue weighted by Gasteiger charge is -2.47. The number of hydrogen-bond acceptors (Lipinski definition) is 6. The number of piperidine rings is 1. The van der Waals surface area contributed by atoms with E-state index in [0.29, 0.717) is 16.7 Å². The van der Waals surface area contributed by atoms with E-state index in [2.05, 4.69) is 35.8 Å². The molecule has 188 valence electrons. The number of nitrogens with zero attached hydrogens (tertiary/aromatic N) is 4. The van der Waals surface area contributed by atoms with Crippen LogP contribution in [0.3, 0.4) is 0 Å². The van der Waals surface area contributed by atoms with E-state index < -0.39 is 6.16 Å². The van der Waals surface area contributed by atoms with Crippen LogP contribution in [-0.2, 0) is 11.2 Å². The maximum atomic E-state index is 13.9. The molecule has 1 aliphatic carbocycles. The molecule has 2 heterocycles. The fourth-order valence-corrected chi connectivity index (χ4v) is 5.95. The Morgan fingerprint density at radius 2 is 1.86 bits per heavy atom. The zero-order valence-corrected chi connectivity index (χ0v) is 21.5. The number of ether oxygens (including phenoxy) is 1. The van der Waals surface area contributed by atoms with Gasteiger partial charge in [-0.2, -0.15) is 0 Å². The number of carbonyl (C=O) groups is 2. The Balaban J connectivity index is 1.62. The van der Waals surface area contributed by atoms with Crippen LogP contribution in [0.1, 0.15) is 68.2 Å². The molecule has 0 radical (unpaired) electrons. The molecule has 1 aliphatic heterocycles. The third-order valence-corrected chi connectivity index (χ3v) is 7.64. The first-order valence-electron chi connectivity index (χ1n) is 12.6. The third-order valence-electron chi connectivity index (χ3n) is 7.64. The average molecular weight is 482 g/mol. The summed E-state index contributed by atoms with van der Waals surface area (Å²) in [5, 5.41) is 9.09. The molecule has 2 aliphatic rings. The van der Waals surface area contributed by atoms with Crippen LogP contribution in [0.2, 0.25) is 0 Å². The highest BCUT2D eigenvalue weighted by Crippen LogP contribution is 2.45. The normalized spacial score (nSPS) is 19.9. The molecule has 1 unspecified atom stereocenters. The summed E-state index contributed by atoms with van der Waals surface area (Å²) in [4.78, 5) is 36.4. The molecule has 1 saturated heterocycles. The average Bonchev–Trinajstić information content (AvgIpc) is 3.21. The molecular weight excluding hydrogens is 444 g/mol. The standard InChI is InChI=1S/C27H36N4O4/c1-17(2)14-26(32)31(5,24-9-7-20-6-8-22(16-23(20)24)35-27(33)34)21-10-12-30(13-11-21)25-15-18(3)28-19(4)29-25/h6,8,15-17,21,24H,7,9-14H2,1-5H3/p+1/t24-,31?/m1/s1. The number of rotatable bonds is 6. The highest BCUT2D eigenvalue weighted by Gasteiger charge is 2.50. The van der Waals surface area contributed by atoms with Gasteiger partial charge in [-0.05, 0) is 43.9 Å². The number of amides is 1. The van der Waals surface area contributed by atoms with Crippen LogP contribution < -0.4 is 9.64 Å². The van der Waals surface area contributed by atoms with Crippen molar-refractivity contribution in [3.8, 4) is 5.75 Å². The molecule has 0 bridgehead atoms. The topological polar surface area (TPSA) is 92.6 Å². The van der Waals surface area contributed by atoms with Crippen LogP contribution in [-0.4, -0.2) is 57.8 Å². The van der Waals surface area contributed by atoms with E-state index >= 15 is 0 Å². The Hall–Kier alpha value is -3.00. The molecule has 2 atom stereocenters. The number of carbonyl (C=O) groups excluding carboxylic acids is 1. The summed E-state index contributed by atoms with van der Waals surface area (Å²) in [5.41, 5.74) is 3.19. The van der Waals surface area contributed by atoms with E-state index in [9.17, 15) is 9.59 Å². The minimum absolute atomic E-state index is 0.00585. The van der Waals surface area contributed by atoms with E-state index in [4.69, 9.17) is 9.84 Å². The van der Waals surface area contributed by atoms with Gasteiger partial charge in [-0.25, -0.2) is 19.6 Å². The maximum absolute atomic E-state index is 13.9. The summed E-state index contributed by atoms with van der Waals surface area (Å²) in [5.74, 6) is 2.58. The highest BCUT2D eigenvalue weighted by molar-refractivity contribution is 5.70. The Kier molecular flexibility index (Phi) is 7.12. The van der Waals surface area contributed by atoms with Gasteiger partial charge in [0.05, 0.1) is 19.5 Å². The van der Waals surface area contributed by atoms with Crippen LogP contribution in [0.15, 0.2) is 24.3 Å². The summed E-state index contributed by atoms with van der Waals surface area (Å²) < 4.78 is 5.32. The Bertz CT molecular complexity index is 1090. The van der Waals surface area contributed by atoms with Gasteiger partial charge in [0.25, 0.3) is 0 Å². The van der Waals surface area contributed by atoms with Gasteiger partial charge in [-0.3, -0.25) is 4.48 Å². The summed E-state index contributed by atoms with van der Waals surface area (Å²) in [6, 6.07) is 7.70. The van der Waals surface area contributed by atoms with Crippen molar-refractivity contribution in [1.29, 1.82) is 0 Å². The van der Waals surface area contributed by atoms with E-state index in [1.54, 1.807) is 6.07 Å². The largest absolute Gasteiger partial charge is 0.511 e. The van der Waals surface area contributed by atoms with Crippen molar-refractivity contribution in [2.75, 3.05) is 25.0 Å². The second-order valence-corrected chi connectivity index (χ2v) is 10.6. The van der Waals surface area contributed by atoms with Crippen LogP contribution >= 0.6 is 0 Å². The summed E-state index contributed by atoms with van der Waals surface area (Å²) in [6.45, 7) is 9.76. The molecule has 8 nitrogen and oxygen atoms in total. The number of fused-ring (bicyclic) bond motifs is 1. The van der Waals surface area contributed by atoms with Gasteiger partial charge in [-0.1, -0.05) is 19.9 Å². The molecule has 2 aromatic rings. The van der Waals surface area contributed by atoms with Gasteiger partial charge in [0, 0.05) is 49.7 Å². The third kappa shape index (κ3) is 5.17. The molecular formula is C27H37N4O4+. The first-order valence-corrected chi connectivity index (χ1v) is 12.6. The van der Waals surface area contributed by atoms with E-state index in [-0.39, 0.29) is 23.9 Å². The maximum Gasteiger partial charge on any atom is 0.511 e. The van der Waals surface area contributed by atoms with Crippen molar-refractivity contribution in [1.82, 2.24) is 9.97 Å². The number of aryl methyl sites for hydroxylation is 3. The van der Waals surface area contributed by atoms with Crippen molar-refractivity contribution in [2.45, 2.75) is 71.9 Å². The Morgan fingerprint density at radius 1 is 1.14 bits per heavy atom. The molecule has 4 rings (SSSR count). The lowest BCUT2D eigenvalue weighted by Crippen LogP contribution is -2.61. The molecule has 1 fully saturated rings.